The van der Waals surface area contributed by atoms with Gasteiger partial charge in [0.1, 0.15) is 0 Å². The van der Waals surface area contributed by atoms with E-state index in [9.17, 15) is 4.79 Å². The molecule has 0 spiro atoms. The maximum Gasteiger partial charge on any atom is 0.233 e. The zero-order valence-electron chi connectivity index (χ0n) is 7.67. The normalized spacial score (nSPS) is 9.92. The van der Waals surface area contributed by atoms with Crippen molar-refractivity contribution in [2.45, 2.75) is 13.5 Å². The van der Waals surface area contributed by atoms with E-state index in [2.05, 4.69) is 16.7 Å². The second-order valence-electron chi connectivity index (χ2n) is 2.64. The molecule has 1 aromatic rings. The van der Waals surface area contributed by atoms with Gasteiger partial charge >= 0.3 is 0 Å². The lowest BCUT2D eigenvalue weighted by Crippen LogP contribution is -2.33. The highest BCUT2D eigenvalue weighted by Gasteiger charge is 1.98. The smallest absolute Gasteiger partial charge is 0.233 e. The van der Waals surface area contributed by atoms with Crippen LogP contribution in [-0.4, -0.2) is 19.0 Å². The van der Waals surface area contributed by atoms with E-state index in [1.54, 1.807) is 11.3 Å². The van der Waals surface area contributed by atoms with E-state index in [0.29, 0.717) is 13.1 Å². The van der Waals surface area contributed by atoms with Crippen LogP contribution in [0.15, 0.2) is 17.5 Å². The third-order valence-corrected chi connectivity index (χ3v) is 2.42. The summed E-state index contributed by atoms with van der Waals surface area (Å²) in [6.45, 7) is 3.78. The van der Waals surface area contributed by atoms with Gasteiger partial charge in [-0.25, -0.2) is 0 Å². The lowest BCUT2D eigenvalue weighted by atomic mass is 10.4. The highest BCUT2D eigenvalue weighted by atomic mass is 32.1. The fourth-order valence-electron chi connectivity index (χ4n) is 0.972. The number of thiophene rings is 1. The van der Waals surface area contributed by atoms with Crippen LogP contribution >= 0.6 is 11.3 Å². The van der Waals surface area contributed by atoms with Crippen molar-refractivity contribution in [1.29, 1.82) is 0 Å². The number of likely N-dealkylation sites (N-methyl/N-ethyl adjacent to an activating group) is 1. The van der Waals surface area contributed by atoms with Crippen molar-refractivity contribution in [3.8, 4) is 0 Å². The number of nitrogens with one attached hydrogen (secondary N) is 2. The fourth-order valence-corrected chi connectivity index (χ4v) is 1.65. The van der Waals surface area contributed by atoms with Gasteiger partial charge in [-0.3, -0.25) is 4.79 Å². The van der Waals surface area contributed by atoms with Crippen LogP contribution in [0, 0.1) is 0 Å². The number of carbonyl (C=O) groups is 1. The molecule has 0 atom stereocenters. The molecular formula is C9H14N2OS. The first kappa shape index (κ1) is 10.2. The molecule has 13 heavy (non-hydrogen) atoms. The zero-order valence-corrected chi connectivity index (χ0v) is 8.49. The summed E-state index contributed by atoms with van der Waals surface area (Å²) >= 11 is 1.69. The van der Waals surface area contributed by atoms with Crippen molar-refractivity contribution in [3.05, 3.63) is 22.4 Å². The Morgan fingerprint density at radius 2 is 2.46 bits per heavy atom. The molecule has 0 aromatic carbocycles. The van der Waals surface area contributed by atoms with Gasteiger partial charge < -0.3 is 10.6 Å². The minimum Gasteiger partial charge on any atom is -0.355 e. The first-order chi connectivity index (χ1) is 6.33. The summed E-state index contributed by atoms with van der Waals surface area (Å²) in [5.41, 5.74) is 0. The molecule has 3 nitrogen and oxygen atoms in total. The Bertz CT molecular complexity index is 246. The van der Waals surface area contributed by atoms with Crippen LogP contribution < -0.4 is 10.6 Å². The van der Waals surface area contributed by atoms with Crippen LogP contribution in [0.25, 0.3) is 0 Å². The molecule has 0 saturated carbocycles. The van der Waals surface area contributed by atoms with Crippen molar-refractivity contribution < 1.29 is 4.79 Å². The van der Waals surface area contributed by atoms with Crippen molar-refractivity contribution in [1.82, 2.24) is 10.6 Å². The summed E-state index contributed by atoms with van der Waals surface area (Å²) in [5, 5.41) is 7.83. The molecule has 1 heterocycles. The summed E-state index contributed by atoms with van der Waals surface area (Å²) in [4.78, 5) is 12.3. The Hall–Kier alpha value is -0.870. The summed E-state index contributed by atoms with van der Waals surface area (Å²) in [6, 6.07) is 4.06. The predicted molar refractivity (Wildman–Crippen MR) is 54.7 cm³/mol. The largest absolute Gasteiger partial charge is 0.355 e. The molecular weight excluding hydrogens is 184 g/mol. The minimum atomic E-state index is 0.0547. The molecule has 0 saturated heterocycles. The number of rotatable bonds is 5. The average Bonchev–Trinajstić information content (AvgIpc) is 2.57. The number of amides is 1. The van der Waals surface area contributed by atoms with Crippen LogP contribution in [0.4, 0.5) is 0 Å². The summed E-state index contributed by atoms with van der Waals surface area (Å²) in [6.07, 6.45) is 0. The Balaban J connectivity index is 2.11. The quantitative estimate of drug-likeness (QED) is 0.740. The van der Waals surface area contributed by atoms with E-state index >= 15 is 0 Å². The molecule has 0 aliphatic rings. The van der Waals surface area contributed by atoms with Gasteiger partial charge in [0.25, 0.3) is 0 Å². The number of carbonyl (C=O) groups excluding carboxylic acids is 1. The number of hydrogen-bond acceptors (Lipinski definition) is 3. The van der Waals surface area contributed by atoms with Crippen LogP contribution in [0.1, 0.15) is 11.8 Å². The third kappa shape index (κ3) is 4.05. The van der Waals surface area contributed by atoms with Gasteiger partial charge in [0.05, 0.1) is 6.54 Å². The highest BCUT2D eigenvalue weighted by molar-refractivity contribution is 7.09. The summed E-state index contributed by atoms with van der Waals surface area (Å²) in [5.74, 6) is 0.0547. The van der Waals surface area contributed by atoms with Crippen LogP contribution in [0.2, 0.25) is 0 Å². The molecule has 1 aromatic heterocycles. The Kier molecular flexibility index (Phi) is 4.49. The van der Waals surface area contributed by atoms with E-state index in [1.165, 1.54) is 4.88 Å². The molecule has 0 fully saturated rings. The summed E-state index contributed by atoms with van der Waals surface area (Å²) < 4.78 is 0. The van der Waals surface area contributed by atoms with Crippen molar-refractivity contribution in [3.63, 3.8) is 0 Å². The standard InChI is InChI=1S/C9H14N2OS/c1-2-11-9(12)7-10-6-8-4-3-5-13-8/h3-5,10H,2,6-7H2,1H3,(H,11,12). The second-order valence-corrected chi connectivity index (χ2v) is 3.67. The van der Waals surface area contributed by atoms with Crippen LogP contribution in [-0.2, 0) is 11.3 Å². The lowest BCUT2D eigenvalue weighted by molar-refractivity contribution is -0.120. The third-order valence-electron chi connectivity index (χ3n) is 1.54. The van der Waals surface area contributed by atoms with Gasteiger partial charge in [0.15, 0.2) is 0 Å². The molecule has 1 amide bonds. The molecule has 2 N–H and O–H groups in total. The molecule has 1 rings (SSSR count). The van der Waals surface area contributed by atoms with E-state index in [-0.39, 0.29) is 5.91 Å². The van der Waals surface area contributed by atoms with Gasteiger partial charge in [0, 0.05) is 18.0 Å². The first-order valence-electron chi connectivity index (χ1n) is 4.32. The van der Waals surface area contributed by atoms with E-state index in [0.717, 1.165) is 6.54 Å². The van der Waals surface area contributed by atoms with E-state index in [1.807, 2.05) is 18.4 Å². The molecule has 0 bridgehead atoms. The van der Waals surface area contributed by atoms with E-state index in [4.69, 9.17) is 0 Å². The maximum absolute atomic E-state index is 11.0. The lowest BCUT2D eigenvalue weighted by Gasteiger charge is -2.02. The zero-order chi connectivity index (χ0) is 9.52. The van der Waals surface area contributed by atoms with E-state index < -0.39 is 0 Å². The van der Waals surface area contributed by atoms with Crippen molar-refractivity contribution in [2.75, 3.05) is 13.1 Å². The van der Waals surface area contributed by atoms with Crippen LogP contribution in [0.3, 0.4) is 0 Å². The second kappa shape index (κ2) is 5.72. The van der Waals surface area contributed by atoms with Crippen LogP contribution in [0.5, 0.6) is 0 Å². The summed E-state index contributed by atoms with van der Waals surface area (Å²) in [7, 11) is 0. The number of hydrogen-bond donors (Lipinski definition) is 2. The topological polar surface area (TPSA) is 41.1 Å². The maximum atomic E-state index is 11.0. The highest BCUT2D eigenvalue weighted by Crippen LogP contribution is 2.06. The van der Waals surface area contributed by atoms with Gasteiger partial charge in [0.2, 0.25) is 5.91 Å². The van der Waals surface area contributed by atoms with Gasteiger partial charge in [-0.2, -0.15) is 0 Å². The first-order valence-corrected chi connectivity index (χ1v) is 5.20. The average molecular weight is 198 g/mol. The minimum absolute atomic E-state index is 0.0547. The fraction of sp³-hybridized carbons (Fsp3) is 0.444. The molecule has 0 aliphatic carbocycles. The molecule has 72 valence electrons. The molecule has 4 heteroatoms. The molecule has 0 unspecified atom stereocenters. The Morgan fingerprint density at radius 3 is 3.08 bits per heavy atom. The Labute approximate surface area is 82.2 Å². The van der Waals surface area contributed by atoms with Gasteiger partial charge in [-0.1, -0.05) is 6.07 Å². The van der Waals surface area contributed by atoms with Gasteiger partial charge in [-0.05, 0) is 18.4 Å². The Morgan fingerprint density at radius 1 is 1.62 bits per heavy atom. The molecule has 0 radical (unpaired) electrons. The van der Waals surface area contributed by atoms with Crippen molar-refractivity contribution in [2.24, 2.45) is 0 Å². The van der Waals surface area contributed by atoms with Crippen molar-refractivity contribution >= 4 is 17.2 Å². The van der Waals surface area contributed by atoms with Gasteiger partial charge in [-0.15, -0.1) is 11.3 Å². The predicted octanol–water partition coefficient (Wildman–Crippen LogP) is 0.974. The molecule has 0 aliphatic heterocycles. The SMILES string of the molecule is CCNC(=O)CNCc1cccs1. The monoisotopic (exact) mass is 198 g/mol.